The average Bonchev–Trinajstić information content (AvgIpc) is 2.70. The van der Waals surface area contributed by atoms with Gasteiger partial charge in [0.1, 0.15) is 6.04 Å². The van der Waals surface area contributed by atoms with Crippen LogP contribution in [0.15, 0.2) is 60.7 Å². The summed E-state index contributed by atoms with van der Waals surface area (Å²) >= 11 is 0. The van der Waals surface area contributed by atoms with Gasteiger partial charge in [0.15, 0.2) is 0 Å². The third kappa shape index (κ3) is 4.57. The first kappa shape index (κ1) is 19.6. The third-order valence-electron chi connectivity index (χ3n) is 5.30. The zero-order valence-corrected chi connectivity index (χ0v) is 16.5. The first-order valence-corrected chi connectivity index (χ1v) is 9.88. The first-order valence-electron chi connectivity index (χ1n) is 9.88. The minimum absolute atomic E-state index is 0.0381. The highest BCUT2D eigenvalue weighted by atomic mass is 16.5. The van der Waals surface area contributed by atoms with Gasteiger partial charge < -0.3 is 4.74 Å². The highest BCUT2D eigenvalue weighted by Gasteiger charge is 2.39. The number of nitrogens with zero attached hydrogens (tertiary/aromatic N) is 2. The molecule has 0 amide bonds. The molecule has 2 aromatic rings. The van der Waals surface area contributed by atoms with Crippen LogP contribution in [0.5, 0.6) is 0 Å². The normalized spacial score (nSPS) is 18.8. The number of carbonyl (C=O) groups excluding carboxylic acids is 1. The highest BCUT2D eigenvalue weighted by molar-refractivity contribution is 5.76. The summed E-state index contributed by atoms with van der Waals surface area (Å²) in [7, 11) is 0. The van der Waals surface area contributed by atoms with E-state index in [0.29, 0.717) is 19.2 Å². The van der Waals surface area contributed by atoms with E-state index < -0.39 is 0 Å². The largest absolute Gasteiger partial charge is 0.465 e. The molecule has 4 nitrogen and oxygen atoms in total. The molecule has 1 atom stereocenters. The number of rotatable bonds is 6. The summed E-state index contributed by atoms with van der Waals surface area (Å²) in [4.78, 5) is 17.5. The van der Waals surface area contributed by atoms with Crippen LogP contribution in [-0.4, -0.2) is 54.1 Å². The minimum atomic E-state index is -0.272. The Morgan fingerprint density at radius 2 is 1.56 bits per heavy atom. The van der Waals surface area contributed by atoms with Gasteiger partial charge in [-0.25, -0.2) is 0 Å². The molecule has 1 aliphatic rings. The summed E-state index contributed by atoms with van der Waals surface area (Å²) in [6, 6.07) is 21.1. The Labute approximate surface area is 162 Å². The van der Waals surface area contributed by atoms with Crippen molar-refractivity contribution in [1.29, 1.82) is 0 Å². The summed E-state index contributed by atoms with van der Waals surface area (Å²) in [5.74, 6) is -0.125. The second-order valence-corrected chi connectivity index (χ2v) is 7.32. The van der Waals surface area contributed by atoms with Gasteiger partial charge in [0.25, 0.3) is 0 Å². The van der Waals surface area contributed by atoms with E-state index in [4.69, 9.17) is 4.74 Å². The molecule has 2 aromatic carbocycles. The van der Waals surface area contributed by atoms with Gasteiger partial charge in [-0.3, -0.25) is 14.6 Å². The molecule has 144 valence electrons. The number of benzene rings is 2. The van der Waals surface area contributed by atoms with Crippen molar-refractivity contribution in [2.45, 2.75) is 38.9 Å². The van der Waals surface area contributed by atoms with Crippen molar-refractivity contribution in [3.05, 3.63) is 71.8 Å². The number of ether oxygens (including phenoxy) is 1. The number of hydrogen-bond donors (Lipinski definition) is 0. The van der Waals surface area contributed by atoms with Crippen molar-refractivity contribution in [3.8, 4) is 0 Å². The average molecular weight is 367 g/mol. The van der Waals surface area contributed by atoms with Crippen LogP contribution in [0.1, 0.15) is 37.9 Å². The molecule has 0 aliphatic carbocycles. The van der Waals surface area contributed by atoms with Crippen LogP contribution < -0.4 is 0 Å². The maximum Gasteiger partial charge on any atom is 0.324 e. The van der Waals surface area contributed by atoms with Crippen molar-refractivity contribution in [3.63, 3.8) is 0 Å². The summed E-state index contributed by atoms with van der Waals surface area (Å²) in [5, 5.41) is 0. The number of carbonyl (C=O) groups is 1. The maximum absolute atomic E-state index is 12.9. The molecule has 0 bridgehead atoms. The van der Waals surface area contributed by atoms with Crippen molar-refractivity contribution < 1.29 is 9.53 Å². The third-order valence-corrected chi connectivity index (χ3v) is 5.30. The fourth-order valence-electron chi connectivity index (χ4n) is 3.89. The predicted octanol–water partition coefficient (Wildman–Crippen LogP) is 3.73. The van der Waals surface area contributed by atoms with Crippen LogP contribution in [0.4, 0.5) is 0 Å². The molecule has 0 radical (unpaired) electrons. The molecule has 1 saturated heterocycles. The first-order chi connectivity index (χ1) is 13.1. The van der Waals surface area contributed by atoms with Gasteiger partial charge in [-0.1, -0.05) is 60.7 Å². The van der Waals surface area contributed by atoms with Gasteiger partial charge in [-0.2, -0.15) is 0 Å². The van der Waals surface area contributed by atoms with Crippen LogP contribution in [0.3, 0.4) is 0 Å². The van der Waals surface area contributed by atoms with Crippen LogP contribution >= 0.6 is 0 Å². The highest BCUT2D eigenvalue weighted by Crippen LogP contribution is 2.32. The smallest absolute Gasteiger partial charge is 0.324 e. The van der Waals surface area contributed by atoms with Crippen LogP contribution in [-0.2, 0) is 9.53 Å². The van der Waals surface area contributed by atoms with Crippen molar-refractivity contribution in [2.75, 3.05) is 26.2 Å². The summed E-state index contributed by atoms with van der Waals surface area (Å²) in [6.45, 7) is 9.13. The molecule has 0 aromatic heterocycles. The molecule has 0 N–H and O–H groups in total. The molecule has 4 heteroatoms. The van der Waals surface area contributed by atoms with Crippen molar-refractivity contribution in [1.82, 2.24) is 9.80 Å². The van der Waals surface area contributed by atoms with E-state index in [1.807, 2.05) is 19.1 Å². The van der Waals surface area contributed by atoms with E-state index >= 15 is 0 Å². The van der Waals surface area contributed by atoms with Gasteiger partial charge in [-0.05, 0) is 31.9 Å². The van der Waals surface area contributed by atoms with E-state index in [1.54, 1.807) is 0 Å². The van der Waals surface area contributed by atoms with Crippen LogP contribution in [0.25, 0.3) is 0 Å². The van der Waals surface area contributed by atoms with Gasteiger partial charge in [0.2, 0.25) is 0 Å². The lowest BCUT2D eigenvalue weighted by atomic mass is 9.94. The predicted molar refractivity (Wildman–Crippen MR) is 109 cm³/mol. The summed E-state index contributed by atoms with van der Waals surface area (Å²) < 4.78 is 5.45. The molecule has 0 saturated carbocycles. The number of piperazine rings is 1. The van der Waals surface area contributed by atoms with Crippen molar-refractivity contribution >= 4 is 5.97 Å². The number of hydrogen-bond acceptors (Lipinski definition) is 4. The van der Waals surface area contributed by atoms with E-state index in [1.165, 1.54) is 11.1 Å². The van der Waals surface area contributed by atoms with Crippen molar-refractivity contribution in [2.24, 2.45) is 0 Å². The lowest BCUT2D eigenvalue weighted by Crippen LogP contribution is -2.59. The fourth-order valence-corrected chi connectivity index (χ4v) is 3.89. The SMILES string of the molecule is CCOC(=O)[C@H]1CN(C(C)C)CCN1C(c1ccccc1)c1ccccc1. The zero-order valence-electron chi connectivity index (χ0n) is 16.5. The molecule has 27 heavy (non-hydrogen) atoms. The monoisotopic (exact) mass is 366 g/mol. The number of esters is 1. The second kappa shape index (κ2) is 9.16. The lowest BCUT2D eigenvalue weighted by Gasteiger charge is -2.45. The Hall–Kier alpha value is -2.17. The van der Waals surface area contributed by atoms with Crippen LogP contribution in [0.2, 0.25) is 0 Å². The Bertz CT molecular complexity index is 678. The molecule has 1 heterocycles. The summed E-state index contributed by atoms with van der Waals surface area (Å²) in [6.07, 6.45) is 0. The van der Waals surface area contributed by atoms with Gasteiger partial charge >= 0.3 is 5.97 Å². The topological polar surface area (TPSA) is 32.8 Å². The molecular formula is C23H30N2O2. The minimum Gasteiger partial charge on any atom is -0.465 e. The molecule has 0 spiro atoms. The molecule has 1 aliphatic heterocycles. The quantitative estimate of drug-likeness (QED) is 0.729. The van der Waals surface area contributed by atoms with E-state index in [0.717, 1.165) is 13.1 Å². The van der Waals surface area contributed by atoms with Gasteiger partial charge in [0.05, 0.1) is 12.6 Å². The lowest BCUT2D eigenvalue weighted by molar-refractivity contribution is -0.153. The van der Waals surface area contributed by atoms with Gasteiger partial charge in [0, 0.05) is 25.7 Å². The Kier molecular flexibility index (Phi) is 6.64. The molecular weight excluding hydrogens is 336 g/mol. The van der Waals surface area contributed by atoms with E-state index in [9.17, 15) is 4.79 Å². The Balaban J connectivity index is 1.99. The standard InChI is InChI=1S/C23H30N2O2/c1-4-27-23(26)21-17-24(18(2)3)15-16-25(21)22(19-11-7-5-8-12-19)20-13-9-6-10-14-20/h5-14,18,21-22H,4,15-17H2,1-3H3/t21-/m1/s1. The second-order valence-electron chi connectivity index (χ2n) is 7.32. The molecule has 1 fully saturated rings. The maximum atomic E-state index is 12.9. The molecule has 3 rings (SSSR count). The molecule has 0 unspecified atom stereocenters. The van der Waals surface area contributed by atoms with Gasteiger partial charge in [-0.15, -0.1) is 0 Å². The van der Waals surface area contributed by atoms with E-state index in [2.05, 4.69) is 72.2 Å². The van der Waals surface area contributed by atoms with E-state index in [-0.39, 0.29) is 18.1 Å². The fraction of sp³-hybridized carbons (Fsp3) is 0.435. The van der Waals surface area contributed by atoms with Crippen LogP contribution in [0, 0.1) is 0 Å². The Morgan fingerprint density at radius 3 is 2.04 bits per heavy atom. The zero-order chi connectivity index (χ0) is 19.2. The summed E-state index contributed by atoms with van der Waals surface area (Å²) in [5.41, 5.74) is 2.41. The Morgan fingerprint density at radius 1 is 1.00 bits per heavy atom.